The highest BCUT2D eigenvalue weighted by molar-refractivity contribution is 5.81. The largest absolute Gasteiger partial charge is 0.490 e. The van der Waals surface area contributed by atoms with Gasteiger partial charge in [0.1, 0.15) is 6.61 Å². The van der Waals surface area contributed by atoms with Gasteiger partial charge in [-0.15, -0.1) is 0 Å². The van der Waals surface area contributed by atoms with Crippen LogP contribution in [0.5, 0.6) is 5.75 Å². The Labute approximate surface area is 183 Å². The second-order valence-corrected chi connectivity index (χ2v) is 8.75. The van der Waals surface area contributed by atoms with Crippen molar-refractivity contribution in [3.63, 3.8) is 0 Å². The highest BCUT2D eigenvalue weighted by Gasteiger charge is 2.38. The number of alkyl halides is 3. The lowest BCUT2D eigenvalue weighted by Gasteiger charge is -2.43. The van der Waals surface area contributed by atoms with Crippen molar-refractivity contribution in [2.75, 3.05) is 39.4 Å². The average molecular weight is 458 g/mol. The lowest BCUT2D eigenvalue weighted by Crippen LogP contribution is -2.54. The molecule has 0 aromatic heterocycles. The molecular weight excluding hydrogens is 432 g/mol. The topological polar surface area (TPSA) is 59.1 Å². The highest BCUT2D eigenvalue weighted by atomic mass is 19.4. The Morgan fingerprint density at radius 3 is 2.53 bits per heavy atom. The van der Waals surface area contributed by atoms with E-state index in [-0.39, 0.29) is 48.7 Å². The molecule has 176 valence electrons. The first-order valence-electron chi connectivity index (χ1n) is 10.9. The van der Waals surface area contributed by atoms with Crippen LogP contribution < -0.4 is 4.74 Å². The van der Waals surface area contributed by atoms with Gasteiger partial charge < -0.3 is 19.3 Å². The number of halogens is 4. The Morgan fingerprint density at radius 1 is 1.12 bits per heavy atom. The van der Waals surface area contributed by atoms with E-state index in [0.717, 1.165) is 18.6 Å². The fourth-order valence-electron chi connectivity index (χ4n) is 4.64. The van der Waals surface area contributed by atoms with E-state index in [1.807, 2.05) is 0 Å². The van der Waals surface area contributed by atoms with Crippen LogP contribution in [0, 0.1) is 17.7 Å². The summed E-state index contributed by atoms with van der Waals surface area (Å²) in [4.78, 5) is 28.1. The average Bonchev–Trinajstić information content (AvgIpc) is 2.77. The van der Waals surface area contributed by atoms with Crippen molar-refractivity contribution in [2.45, 2.75) is 38.0 Å². The Morgan fingerprint density at radius 2 is 1.84 bits per heavy atom. The number of hydrogen-bond acceptors (Lipinski definition) is 4. The summed E-state index contributed by atoms with van der Waals surface area (Å²) in [7, 11) is 0. The van der Waals surface area contributed by atoms with E-state index in [1.165, 1.54) is 0 Å². The van der Waals surface area contributed by atoms with E-state index in [1.54, 1.807) is 9.80 Å². The van der Waals surface area contributed by atoms with Crippen molar-refractivity contribution in [3.05, 3.63) is 29.6 Å². The minimum Gasteiger partial charge on any atom is -0.490 e. The molecule has 3 heterocycles. The molecule has 2 atom stereocenters. The number of piperidine rings is 2. The second kappa shape index (κ2) is 9.25. The number of benzene rings is 1. The van der Waals surface area contributed by atoms with Gasteiger partial charge in [-0.05, 0) is 43.4 Å². The maximum absolute atomic E-state index is 13.9. The third kappa shape index (κ3) is 5.16. The molecule has 2 amide bonds. The standard InChI is InChI=1S/C22H26F4N2O4/c23-18-10-16(22(24,25)26)1-2-20(18)31-12-14-3-6-27(7-4-14)21(30)28-8-5-19-15(11-28)9-17(29)13-32-19/h1-2,10,14-15,19H,3-9,11-13H2/t15-,19+/m1/s1. The second-order valence-electron chi connectivity index (χ2n) is 8.75. The van der Waals surface area contributed by atoms with Crippen LogP contribution in [0.1, 0.15) is 31.2 Å². The first kappa shape index (κ1) is 22.8. The van der Waals surface area contributed by atoms with Gasteiger partial charge in [0, 0.05) is 38.5 Å². The number of urea groups is 1. The molecule has 32 heavy (non-hydrogen) atoms. The molecule has 0 N–H and O–H groups in total. The number of hydrogen-bond donors (Lipinski definition) is 0. The number of carbonyl (C=O) groups is 2. The molecule has 3 aliphatic rings. The molecule has 10 heteroatoms. The molecule has 0 unspecified atom stereocenters. The third-order valence-corrected chi connectivity index (χ3v) is 6.50. The lowest BCUT2D eigenvalue weighted by molar-refractivity contribution is -0.140. The number of carbonyl (C=O) groups excluding carboxylic acids is 2. The summed E-state index contributed by atoms with van der Waals surface area (Å²) in [5, 5.41) is 0. The van der Waals surface area contributed by atoms with E-state index < -0.39 is 17.6 Å². The van der Waals surface area contributed by atoms with Crippen LogP contribution in [-0.4, -0.2) is 67.1 Å². The summed E-state index contributed by atoms with van der Waals surface area (Å²) in [6.07, 6.45) is -2.05. The van der Waals surface area contributed by atoms with Gasteiger partial charge in [-0.1, -0.05) is 0 Å². The minimum absolute atomic E-state index is 0.0465. The third-order valence-electron chi connectivity index (χ3n) is 6.50. The van der Waals surface area contributed by atoms with Crippen LogP contribution in [0.4, 0.5) is 22.4 Å². The van der Waals surface area contributed by atoms with Gasteiger partial charge in [0.05, 0.1) is 18.3 Å². The van der Waals surface area contributed by atoms with Crippen LogP contribution in [0.2, 0.25) is 0 Å². The number of fused-ring (bicyclic) bond motifs is 1. The van der Waals surface area contributed by atoms with Gasteiger partial charge >= 0.3 is 12.2 Å². The van der Waals surface area contributed by atoms with Crippen molar-refractivity contribution in [2.24, 2.45) is 11.8 Å². The van der Waals surface area contributed by atoms with E-state index in [9.17, 15) is 27.2 Å². The number of nitrogens with zero attached hydrogens (tertiary/aromatic N) is 2. The normalized spacial score (nSPS) is 24.9. The molecule has 0 spiro atoms. The zero-order chi connectivity index (χ0) is 22.9. The summed E-state index contributed by atoms with van der Waals surface area (Å²) in [5.74, 6) is -1.04. The van der Waals surface area contributed by atoms with Crippen LogP contribution in [0.15, 0.2) is 18.2 Å². The Balaban J connectivity index is 1.24. The molecule has 0 bridgehead atoms. The van der Waals surface area contributed by atoms with Crippen molar-refractivity contribution in [1.82, 2.24) is 9.80 Å². The Bertz CT molecular complexity index is 855. The summed E-state index contributed by atoms with van der Waals surface area (Å²) < 4.78 is 62.9. The smallest absolute Gasteiger partial charge is 0.416 e. The highest BCUT2D eigenvalue weighted by Crippen LogP contribution is 2.32. The molecule has 0 radical (unpaired) electrons. The SMILES string of the molecule is O=C1CO[C@H]2CCN(C(=O)N3CCC(COc4ccc(C(F)(F)F)cc4F)CC3)C[C@H]2C1. The van der Waals surface area contributed by atoms with Gasteiger partial charge in [-0.25, -0.2) is 9.18 Å². The predicted octanol–water partition coefficient (Wildman–Crippen LogP) is 3.74. The predicted molar refractivity (Wildman–Crippen MR) is 106 cm³/mol. The molecule has 3 saturated heterocycles. The number of likely N-dealkylation sites (tertiary alicyclic amines) is 2. The molecule has 3 aliphatic heterocycles. The quantitative estimate of drug-likeness (QED) is 0.648. The van der Waals surface area contributed by atoms with Crippen LogP contribution in [0.25, 0.3) is 0 Å². The van der Waals surface area contributed by atoms with E-state index in [0.29, 0.717) is 51.5 Å². The van der Waals surface area contributed by atoms with Crippen molar-refractivity contribution >= 4 is 11.8 Å². The zero-order valence-corrected chi connectivity index (χ0v) is 17.6. The molecule has 1 aromatic carbocycles. The number of ketones is 1. The van der Waals surface area contributed by atoms with Crippen molar-refractivity contribution in [1.29, 1.82) is 0 Å². The molecule has 4 rings (SSSR count). The first-order chi connectivity index (χ1) is 15.2. The molecular formula is C22H26F4N2O4. The van der Waals surface area contributed by atoms with Crippen molar-refractivity contribution < 1.29 is 36.6 Å². The minimum atomic E-state index is -4.60. The summed E-state index contributed by atoms with van der Waals surface area (Å²) >= 11 is 0. The first-order valence-corrected chi connectivity index (χ1v) is 10.9. The lowest BCUT2D eigenvalue weighted by atomic mass is 9.88. The zero-order valence-electron chi connectivity index (χ0n) is 17.6. The number of amides is 2. The van der Waals surface area contributed by atoms with E-state index >= 15 is 0 Å². The number of ether oxygens (including phenoxy) is 2. The maximum Gasteiger partial charge on any atom is 0.416 e. The molecule has 6 nitrogen and oxygen atoms in total. The maximum atomic E-state index is 13.9. The van der Waals surface area contributed by atoms with Gasteiger partial charge in [-0.3, -0.25) is 4.79 Å². The van der Waals surface area contributed by atoms with Gasteiger partial charge in [0.25, 0.3) is 0 Å². The monoisotopic (exact) mass is 458 g/mol. The molecule has 0 saturated carbocycles. The fourth-order valence-corrected chi connectivity index (χ4v) is 4.64. The number of Topliss-reactive ketones (excluding diaryl/α,β-unsaturated/α-hetero) is 1. The van der Waals surface area contributed by atoms with Crippen LogP contribution in [0.3, 0.4) is 0 Å². The van der Waals surface area contributed by atoms with Gasteiger partial charge in [-0.2, -0.15) is 13.2 Å². The van der Waals surface area contributed by atoms with Crippen molar-refractivity contribution in [3.8, 4) is 5.75 Å². The summed E-state index contributed by atoms with van der Waals surface area (Å²) in [6, 6.07) is 2.19. The van der Waals surface area contributed by atoms with E-state index in [2.05, 4.69) is 0 Å². The van der Waals surface area contributed by atoms with E-state index in [4.69, 9.17) is 9.47 Å². The van der Waals surface area contributed by atoms with Gasteiger partial charge in [0.15, 0.2) is 17.3 Å². The van der Waals surface area contributed by atoms with Gasteiger partial charge in [0.2, 0.25) is 0 Å². The van der Waals surface area contributed by atoms with Crippen LogP contribution in [-0.2, 0) is 15.7 Å². The van der Waals surface area contributed by atoms with Crippen LogP contribution >= 0.6 is 0 Å². The summed E-state index contributed by atoms with van der Waals surface area (Å²) in [5.41, 5.74) is -1.05. The Hall–Kier alpha value is -2.36. The summed E-state index contributed by atoms with van der Waals surface area (Å²) in [6.45, 7) is 2.53. The molecule has 3 fully saturated rings. The Kier molecular flexibility index (Phi) is 6.60. The molecule has 0 aliphatic carbocycles. The number of rotatable bonds is 3. The fraction of sp³-hybridized carbons (Fsp3) is 0.636. The molecule has 1 aromatic rings.